The van der Waals surface area contributed by atoms with Gasteiger partial charge in [-0.15, -0.1) is 0 Å². The Labute approximate surface area is 122 Å². The van der Waals surface area contributed by atoms with Crippen LogP contribution in [0.4, 0.5) is 4.79 Å². The minimum absolute atomic E-state index is 0.0715. The molecule has 20 heavy (non-hydrogen) atoms. The topological polar surface area (TPSA) is 87.7 Å². The lowest BCUT2D eigenvalue weighted by molar-refractivity contribution is -0.140. The monoisotopic (exact) mass is 300 g/mol. The van der Waals surface area contributed by atoms with Crippen molar-refractivity contribution in [1.29, 1.82) is 0 Å². The number of carbonyl (C=O) groups excluding carboxylic acids is 1. The van der Waals surface area contributed by atoms with E-state index in [9.17, 15) is 9.59 Å². The first-order chi connectivity index (χ1) is 9.40. The highest BCUT2D eigenvalue weighted by molar-refractivity contribution is 6.30. The summed E-state index contributed by atoms with van der Waals surface area (Å²) in [6.07, 6.45) is 0. The van der Waals surface area contributed by atoms with Gasteiger partial charge in [0, 0.05) is 5.02 Å². The number of ether oxygens (including phenoxy) is 1. The van der Waals surface area contributed by atoms with Crippen LogP contribution in [-0.4, -0.2) is 29.9 Å². The highest BCUT2D eigenvalue weighted by Gasteiger charge is 2.23. The average molecular weight is 301 g/mol. The van der Waals surface area contributed by atoms with E-state index in [1.807, 2.05) is 0 Å². The number of amides is 2. The zero-order valence-electron chi connectivity index (χ0n) is 11.2. The second-order valence-corrected chi connectivity index (χ2v) is 4.89. The Morgan fingerprint density at radius 1 is 1.30 bits per heavy atom. The number of aliphatic carboxylic acids is 1. The third-order valence-corrected chi connectivity index (χ3v) is 2.76. The molecule has 0 aliphatic rings. The smallest absolute Gasteiger partial charge is 0.326 e. The van der Waals surface area contributed by atoms with Gasteiger partial charge in [-0.25, -0.2) is 9.59 Å². The molecule has 1 aromatic rings. The minimum atomic E-state index is -1.08. The molecule has 2 amide bonds. The Bertz CT molecular complexity index is 462. The molecule has 0 aliphatic carbocycles. The van der Waals surface area contributed by atoms with Crippen LogP contribution in [0.1, 0.15) is 13.8 Å². The molecular weight excluding hydrogens is 284 g/mol. The standard InChI is InChI=1S/C13H17ClN2O4/c1-8(2)11(12(17)18)16-13(19)15-7-20-10-5-3-9(14)4-6-10/h3-6,8,11H,7H2,1-2H3,(H,17,18)(H2,15,16,19). The molecule has 0 spiro atoms. The predicted octanol–water partition coefficient (Wildman–Crippen LogP) is 2.08. The molecule has 0 fully saturated rings. The number of halogens is 1. The largest absolute Gasteiger partial charge is 0.480 e. The van der Waals surface area contributed by atoms with Crippen molar-refractivity contribution >= 4 is 23.6 Å². The third kappa shape index (κ3) is 5.36. The summed E-state index contributed by atoms with van der Waals surface area (Å²) < 4.78 is 5.26. The van der Waals surface area contributed by atoms with Gasteiger partial charge in [0.2, 0.25) is 0 Å². The van der Waals surface area contributed by atoms with Crippen LogP contribution in [0, 0.1) is 5.92 Å². The Kier molecular flexibility index (Phi) is 6.11. The van der Waals surface area contributed by atoms with Crippen molar-refractivity contribution in [2.75, 3.05) is 6.73 Å². The van der Waals surface area contributed by atoms with Crippen LogP contribution in [0.3, 0.4) is 0 Å². The lowest BCUT2D eigenvalue weighted by atomic mass is 10.1. The van der Waals surface area contributed by atoms with Gasteiger partial charge in [-0.3, -0.25) is 0 Å². The molecule has 0 heterocycles. The van der Waals surface area contributed by atoms with Crippen LogP contribution in [-0.2, 0) is 4.79 Å². The van der Waals surface area contributed by atoms with E-state index < -0.39 is 18.0 Å². The molecule has 1 unspecified atom stereocenters. The van der Waals surface area contributed by atoms with E-state index in [1.165, 1.54) is 0 Å². The number of hydrogen-bond acceptors (Lipinski definition) is 3. The van der Waals surface area contributed by atoms with E-state index in [-0.39, 0.29) is 12.6 Å². The summed E-state index contributed by atoms with van der Waals surface area (Å²) in [6, 6.07) is 5.11. The second kappa shape index (κ2) is 7.59. The number of rotatable bonds is 6. The highest BCUT2D eigenvalue weighted by Crippen LogP contribution is 2.14. The molecule has 1 aromatic carbocycles. The maximum atomic E-state index is 11.5. The molecule has 3 N–H and O–H groups in total. The van der Waals surface area contributed by atoms with Crippen molar-refractivity contribution in [2.45, 2.75) is 19.9 Å². The molecule has 0 radical (unpaired) electrons. The SMILES string of the molecule is CC(C)C(NC(=O)NCOc1ccc(Cl)cc1)C(=O)O. The van der Waals surface area contributed by atoms with Gasteiger partial charge in [-0.2, -0.15) is 0 Å². The number of carboxylic acids is 1. The Balaban J connectivity index is 2.36. The quantitative estimate of drug-likeness (QED) is 0.702. The first-order valence-corrected chi connectivity index (χ1v) is 6.43. The van der Waals surface area contributed by atoms with Crippen LogP contribution < -0.4 is 15.4 Å². The summed E-state index contributed by atoms with van der Waals surface area (Å²) in [4.78, 5) is 22.4. The van der Waals surface area contributed by atoms with E-state index in [0.717, 1.165) is 0 Å². The van der Waals surface area contributed by atoms with E-state index in [0.29, 0.717) is 10.8 Å². The normalized spacial score (nSPS) is 11.8. The molecule has 1 rings (SSSR count). The zero-order chi connectivity index (χ0) is 15.1. The lowest BCUT2D eigenvalue weighted by Crippen LogP contribution is -2.49. The third-order valence-electron chi connectivity index (χ3n) is 2.50. The Hall–Kier alpha value is -1.95. The van der Waals surface area contributed by atoms with Gasteiger partial charge in [0.1, 0.15) is 11.8 Å². The van der Waals surface area contributed by atoms with Crippen molar-refractivity contribution in [3.8, 4) is 5.75 Å². The number of carboxylic acid groups (broad SMARTS) is 1. The van der Waals surface area contributed by atoms with Crippen LogP contribution in [0.5, 0.6) is 5.75 Å². The van der Waals surface area contributed by atoms with Crippen LogP contribution in [0.25, 0.3) is 0 Å². The summed E-state index contributed by atoms with van der Waals surface area (Å²) >= 11 is 5.72. The average Bonchev–Trinajstić information content (AvgIpc) is 2.37. The van der Waals surface area contributed by atoms with E-state index in [2.05, 4.69) is 10.6 Å². The molecule has 110 valence electrons. The fourth-order valence-corrected chi connectivity index (χ4v) is 1.55. The maximum absolute atomic E-state index is 11.5. The number of hydrogen-bond donors (Lipinski definition) is 3. The Morgan fingerprint density at radius 3 is 2.40 bits per heavy atom. The van der Waals surface area contributed by atoms with Gasteiger partial charge in [0.25, 0.3) is 0 Å². The van der Waals surface area contributed by atoms with Crippen LogP contribution in [0.2, 0.25) is 5.02 Å². The van der Waals surface area contributed by atoms with Crippen molar-refractivity contribution in [3.63, 3.8) is 0 Å². The lowest BCUT2D eigenvalue weighted by Gasteiger charge is -2.18. The Morgan fingerprint density at radius 2 is 1.90 bits per heavy atom. The van der Waals surface area contributed by atoms with Crippen LogP contribution >= 0.6 is 11.6 Å². The van der Waals surface area contributed by atoms with Gasteiger partial charge in [0.05, 0.1) is 0 Å². The zero-order valence-corrected chi connectivity index (χ0v) is 12.0. The summed E-state index contributed by atoms with van der Waals surface area (Å²) in [6.45, 7) is 3.35. The molecule has 0 bridgehead atoms. The predicted molar refractivity (Wildman–Crippen MR) is 74.9 cm³/mol. The molecule has 7 heteroatoms. The maximum Gasteiger partial charge on any atom is 0.326 e. The fourth-order valence-electron chi connectivity index (χ4n) is 1.42. The van der Waals surface area contributed by atoms with Gasteiger partial charge in [-0.1, -0.05) is 25.4 Å². The van der Waals surface area contributed by atoms with E-state index in [4.69, 9.17) is 21.4 Å². The number of urea groups is 1. The van der Waals surface area contributed by atoms with E-state index >= 15 is 0 Å². The van der Waals surface area contributed by atoms with Crippen molar-refractivity contribution in [3.05, 3.63) is 29.3 Å². The molecule has 0 saturated heterocycles. The van der Waals surface area contributed by atoms with E-state index in [1.54, 1.807) is 38.1 Å². The summed E-state index contributed by atoms with van der Waals surface area (Å²) in [5.41, 5.74) is 0. The number of carbonyl (C=O) groups is 2. The second-order valence-electron chi connectivity index (χ2n) is 4.45. The molecule has 0 aliphatic heterocycles. The highest BCUT2D eigenvalue weighted by atomic mass is 35.5. The van der Waals surface area contributed by atoms with Gasteiger partial charge < -0.3 is 20.5 Å². The van der Waals surface area contributed by atoms with Gasteiger partial charge >= 0.3 is 12.0 Å². The van der Waals surface area contributed by atoms with Crippen molar-refractivity contribution in [1.82, 2.24) is 10.6 Å². The van der Waals surface area contributed by atoms with Gasteiger partial charge in [-0.05, 0) is 30.2 Å². The summed E-state index contributed by atoms with van der Waals surface area (Å²) in [5, 5.41) is 14.3. The summed E-state index contributed by atoms with van der Waals surface area (Å²) in [7, 11) is 0. The fraction of sp³-hybridized carbons (Fsp3) is 0.385. The van der Waals surface area contributed by atoms with Crippen molar-refractivity contribution in [2.24, 2.45) is 5.92 Å². The first kappa shape index (κ1) is 16.1. The number of nitrogens with one attached hydrogen (secondary N) is 2. The number of benzene rings is 1. The molecule has 6 nitrogen and oxygen atoms in total. The van der Waals surface area contributed by atoms with Crippen LogP contribution in [0.15, 0.2) is 24.3 Å². The van der Waals surface area contributed by atoms with Gasteiger partial charge in [0.15, 0.2) is 6.73 Å². The minimum Gasteiger partial charge on any atom is -0.480 e. The molecule has 0 aromatic heterocycles. The first-order valence-electron chi connectivity index (χ1n) is 6.05. The molecule has 0 saturated carbocycles. The molecule has 1 atom stereocenters. The summed E-state index contributed by atoms with van der Waals surface area (Å²) in [5.74, 6) is -0.738. The molecular formula is C13H17ClN2O4. The van der Waals surface area contributed by atoms with Crippen molar-refractivity contribution < 1.29 is 19.4 Å².